The van der Waals surface area contributed by atoms with Gasteiger partial charge in [-0.2, -0.15) is 13.2 Å². The van der Waals surface area contributed by atoms with Gasteiger partial charge in [-0.15, -0.1) is 0 Å². The summed E-state index contributed by atoms with van der Waals surface area (Å²) in [6.07, 6.45) is -3.10. The maximum absolute atomic E-state index is 12.9. The van der Waals surface area contributed by atoms with Crippen molar-refractivity contribution in [2.24, 2.45) is 0 Å². The van der Waals surface area contributed by atoms with Crippen molar-refractivity contribution >= 4 is 17.5 Å². The van der Waals surface area contributed by atoms with Gasteiger partial charge in [-0.1, -0.05) is 6.07 Å². The molecule has 1 aliphatic carbocycles. The summed E-state index contributed by atoms with van der Waals surface area (Å²) in [5.74, 6) is -0.811. The van der Waals surface area contributed by atoms with E-state index in [2.05, 4.69) is 0 Å². The molecule has 0 radical (unpaired) electrons. The van der Waals surface area contributed by atoms with Gasteiger partial charge in [-0.05, 0) is 44.4 Å². The molecule has 0 aromatic heterocycles. The maximum Gasteiger partial charge on any atom is 0.416 e. The molecule has 1 unspecified atom stereocenters. The van der Waals surface area contributed by atoms with Crippen LogP contribution in [0.2, 0.25) is 0 Å². The average Bonchev–Trinajstić information content (AvgIpc) is 2.86. The molecule has 3 rings (SSSR count). The fraction of sp³-hybridized carbons (Fsp3) is 0.529. The summed E-state index contributed by atoms with van der Waals surface area (Å²) in [5.41, 5.74) is -1.18. The third-order valence-corrected chi connectivity index (χ3v) is 4.91. The van der Waals surface area contributed by atoms with Crippen molar-refractivity contribution in [2.75, 3.05) is 11.6 Å². The number of ether oxygens (including phenoxy) is 1. The second kappa shape index (κ2) is 6.01. The van der Waals surface area contributed by atoms with E-state index < -0.39 is 29.4 Å². The monoisotopic (exact) mass is 356 g/mol. The van der Waals surface area contributed by atoms with Crippen LogP contribution in [-0.2, 0) is 20.5 Å². The normalized spacial score (nSPS) is 22.7. The number of alkyl halides is 3. The number of hydrogen-bond donors (Lipinski definition) is 0. The minimum absolute atomic E-state index is 0.101. The van der Waals surface area contributed by atoms with Crippen molar-refractivity contribution in [1.82, 2.24) is 4.90 Å². The van der Waals surface area contributed by atoms with Crippen molar-refractivity contribution < 1.29 is 27.5 Å². The predicted molar refractivity (Wildman–Crippen MR) is 83.4 cm³/mol. The van der Waals surface area contributed by atoms with Crippen molar-refractivity contribution in [1.29, 1.82) is 0 Å². The number of halogens is 3. The minimum Gasteiger partial charge on any atom is -0.328 e. The lowest BCUT2D eigenvalue weighted by molar-refractivity contribution is -0.164. The van der Waals surface area contributed by atoms with Crippen LogP contribution in [-0.4, -0.2) is 35.2 Å². The van der Waals surface area contributed by atoms with Crippen LogP contribution >= 0.6 is 0 Å². The Morgan fingerprint density at radius 2 is 2.04 bits per heavy atom. The average molecular weight is 356 g/mol. The highest BCUT2D eigenvalue weighted by atomic mass is 19.4. The van der Waals surface area contributed by atoms with Crippen molar-refractivity contribution in [3.05, 3.63) is 29.8 Å². The predicted octanol–water partition coefficient (Wildman–Crippen LogP) is 3.14. The lowest BCUT2D eigenvalue weighted by atomic mass is 9.76. The van der Waals surface area contributed by atoms with E-state index in [-0.39, 0.29) is 18.3 Å². The molecular formula is C17H19F3N2O3. The lowest BCUT2D eigenvalue weighted by Crippen LogP contribution is -2.60. The zero-order valence-corrected chi connectivity index (χ0v) is 14.0. The molecule has 1 aromatic rings. The molecule has 1 saturated carbocycles. The standard InChI is InChI=1S/C17H19F3N2O3/c1-11(23)22(16(2)7-4-8-16)15-14(24)21(10-25-15)13-6-3-5-12(9-13)17(18,19)20/h3,5-6,9,15H,4,7-8,10H2,1-2H3. The molecule has 1 saturated heterocycles. The molecule has 8 heteroatoms. The second-order valence-electron chi connectivity index (χ2n) is 6.70. The van der Waals surface area contributed by atoms with Gasteiger partial charge < -0.3 is 9.64 Å². The third-order valence-electron chi connectivity index (χ3n) is 4.91. The molecular weight excluding hydrogens is 337 g/mol. The van der Waals surface area contributed by atoms with Crippen LogP contribution in [0.5, 0.6) is 0 Å². The Kier molecular flexibility index (Phi) is 4.26. The van der Waals surface area contributed by atoms with Gasteiger partial charge in [0.1, 0.15) is 6.73 Å². The quantitative estimate of drug-likeness (QED) is 0.836. The molecule has 1 aromatic carbocycles. The Hall–Kier alpha value is -2.09. The molecule has 1 aliphatic heterocycles. The molecule has 2 aliphatic rings. The Bertz CT molecular complexity index is 701. The first-order valence-electron chi connectivity index (χ1n) is 8.04. The van der Waals surface area contributed by atoms with Gasteiger partial charge in [0.15, 0.2) is 0 Å². The van der Waals surface area contributed by atoms with Crippen LogP contribution in [0.3, 0.4) is 0 Å². The molecule has 0 N–H and O–H groups in total. The number of carbonyl (C=O) groups is 2. The zero-order chi connectivity index (χ0) is 18.4. The maximum atomic E-state index is 12.9. The van der Waals surface area contributed by atoms with Gasteiger partial charge in [-0.25, -0.2) is 0 Å². The molecule has 2 amide bonds. The van der Waals surface area contributed by atoms with E-state index in [1.165, 1.54) is 24.0 Å². The highest BCUT2D eigenvalue weighted by Gasteiger charge is 2.49. The van der Waals surface area contributed by atoms with Crippen LogP contribution < -0.4 is 4.90 Å². The first-order valence-corrected chi connectivity index (χ1v) is 8.04. The van der Waals surface area contributed by atoms with Gasteiger partial charge in [0.05, 0.1) is 5.56 Å². The molecule has 25 heavy (non-hydrogen) atoms. The summed E-state index contributed by atoms with van der Waals surface area (Å²) >= 11 is 0. The molecule has 1 atom stereocenters. The van der Waals surface area contributed by atoms with Crippen molar-refractivity contribution in [2.45, 2.75) is 51.1 Å². The summed E-state index contributed by atoms with van der Waals surface area (Å²) in [6, 6.07) is 4.52. The third kappa shape index (κ3) is 3.10. The van der Waals surface area contributed by atoms with Gasteiger partial charge >= 0.3 is 6.18 Å². The van der Waals surface area contributed by atoms with E-state index >= 15 is 0 Å². The van der Waals surface area contributed by atoms with Crippen LogP contribution in [0.15, 0.2) is 24.3 Å². The Morgan fingerprint density at radius 1 is 1.36 bits per heavy atom. The fourth-order valence-electron chi connectivity index (χ4n) is 3.41. The van der Waals surface area contributed by atoms with Crippen LogP contribution in [0, 0.1) is 0 Å². The molecule has 0 spiro atoms. The number of nitrogens with zero attached hydrogens (tertiary/aromatic N) is 2. The van der Waals surface area contributed by atoms with E-state index in [9.17, 15) is 22.8 Å². The number of amides is 2. The largest absolute Gasteiger partial charge is 0.416 e. The van der Waals surface area contributed by atoms with Gasteiger partial charge in [-0.3, -0.25) is 14.5 Å². The summed E-state index contributed by atoms with van der Waals surface area (Å²) < 4.78 is 44.2. The van der Waals surface area contributed by atoms with Crippen molar-refractivity contribution in [3.63, 3.8) is 0 Å². The highest BCUT2D eigenvalue weighted by molar-refractivity contribution is 5.99. The van der Waals surface area contributed by atoms with E-state index in [4.69, 9.17) is 4.74 Å². The number of anilines is 1. The first-order chi connectivity index (χ1) is 11.6. The van der Waals surface area contributed by atoms with Gasteiger partial charge in [0, 0.05) is 18.2 Å². The van der Waals surface area contributed by atoms with E-state index in [1.807, 2.05) is 6.92 Å². The molecule has 1 heterocycles. The second-order valence-corrected chi connectivity index (χ2v) is 6.70. The highest BCUT2D eigenvalue weighted by Crippen LogP contribution is 2.40. The van der Waals surface area contributed by atoms with E-state index in [0.717, 1.165) is 36.3 Å². The van der Waals surface area contributed by atoms with Crippen molar-refractivity contribution in [3.8, 4) is 0 Å². The Labute approximate surface area is 143 Å². The first kappa shape index (κ1) is 17.7. The number of benzene rings is 1. The summed E-state index contributed by atoms with van der Waals surface area (Å²) in [7, 11) is 0. The van der Waals surface area contributed by atoms with Crippen LogP contribution in [0.4, 0.5) is 18.9 Å². The Morgan fingerprint density at radius 3 is 2.56 bits per heavy atom. The van der Waals surface area contributed by atoms with Crippen LogP contribution in [0.1, 0.15) is 38.7 Å². The fourth-order valence-corrected chi connectivity index (χ4v) is 3.41. The summed E-state index contributed by atoms with van der Waals surface area (Å²) in [4.78, 5) is 27.4. The minimum atomic E-state index is -4.50. The van der Waals surface area contributed by atoms with E-state index in [1.54, 1.807) is 0 Å². The number of hydrogen-bond acceptors (Lipinski definition) is 3. The topological polar surface area (TPSA) is 49.9 Å². The zero-order valence-electron chi connectivity index (χ0n) is 14.0. The molecule has 5 nitrogen and oxygen atoms in total. The van der Waals surface area contributed by atoms with Gasteiger partial charge in [0.25, 0.3) is 5.91 Å². The van der Waals surface area contributed by atoms with Crippen LogP contribution in [0.25, 0.3) is 0 Å². The smallest absolute Gasteiger partial charge is 0.328 e. The Balaban J connectivity index is 1.86. The summed E-state index contributed by atoms with van der Waals surface area (Å²) in [6.45, 7) is 3.07. The lowest BCUT2D eigenvalue weighted by Gasteiger charge is -2.48. The molecule has 0 bridgehead atoms. The van der Waals surface area contributed by atoms with Gasteiger partial charge in [0.2, 0.25) is 12.1 Å². The number of rotatable bonds is 3. The molecule has 2 fully saturated rings. The van der Waals surface area contributed by atoms with E-state index in [0.29, 0.717) is 0 Å². The summed E-state index contributed by atoms with van der Waals surface area (Å²) in [5, 5.41) is 0. The SMILES string of the molecule is CC(=O)N(C1OCN(c2cccc(C(F)(F)F)c2)C1=O)C1(C)CCC1. The molecule has 136 valence electrons. The number of carbonyl (C=O) groups excluding carboxylic acids is 2.